The molecule has 1 aromatic rings. The zero-order valence-electron chi connectivity index (χ0n) is 13.5. The number of nitrogens with zero attached hydrogens (tertiary/aromatic N) is 1. The Hall–Kier alpha value is -1.06. The van der Waals surface area contributed by atoms with Crippen LogP contribution in [0.25, 0.3) is 0 Å². The summed E-state index contributed by atoms with van der Waals surface area (Å²) in [6, 6.07) is 4.42. The molecule has 0 aliphatic carbocycles. The minimum Gasteiger partial charge on any atom is -0.339 e. The zero-order chi connectivity index (χ0) is 14.9. The molecule has 1 heterocycles. The van der Waals surface area contributed by atoms with Crippen molar-refractivity contribution in [2.75, 3.05) is 13.1 Å². The van der Waals surface area contributed by atoms with Crippen LogP contribution in [0.3, 0.4) is 0 Å². The molecular formula is C17H27ClN2O. The maximum atomic E-state index is 12.7. The highest BCUT2D eigenvalue weighted by molar-refractivity contribution is 5.97. The van der Waals surface area contributed by atoms with Crippen molar-refractivity contribution in [2.24, 2.45) is 11.7 Å². The van der Waals surface area contributed by atoms with Gasteiger partial charge in [-0.1, -0.05) is 17.7 Å². The highest BCUT2D eigenvalue weighted by Gasteiger charge is 2.26. The van der Waals surface area contributed by atoms with Crippen LogP contribution in [0.5, 0.6) is 0 Å². The summed E-state index contributed by atoms with van der Waals surface area (Å²) in [5.41, 5.74) is 10.2. The lowest BCUT2D eigenvalue weighted by atomic mass is 9.90. The van der Waals surface area contributed by atoms with Crippen molar-refractivity contribution >= 4 is 18.3 Å². The minimum atomic E-state index is 0. The Bertz CT molecular complexity index is 483. The molecule has 1 unspecified atom stereocenters. The van der Waals surface area contributed by atoms with Crippen LogP contribution < -0.4 is 5.73 Å². The maximum Gasteiger partial charge on any atom is 0.254 e. The first-order valence-electron chi connectivity index (χ1n) is 7.53. The van der Waals surface area contributed by atoms with E-state index in [4.69, 9.17) is 5.73 Å². The quantitative estimate of drug-likeness (QED) is 0.911. The first kappa shape index (κ1) is 18.0. The molecule has 0 radical (unpaired) electrons. The molecule has 1 aliphatic rings. The molecule has 118 valence electrons. The van der Waals surface area contributed by atoms with Crippen LogP contribution in [-0.4, -0.2) is 29.9 Å². The molecule has 1 fully saturated rings. The van der Waals surface area contributed by atoms with Crippen LogP contribution in [0, 0.1) is 26.7 Å². The predicted molar refractivity (Wildman–Crippen MR) is 90.2 cm³/mol. The van der Waals surface area contributed by atoms with E-state index in [1.165, 1.54) is 5.56 Å². The molecule has 1 saturated heterocycles. The average Bonchev–Trinajstić information content (AvgIpc) is 2.37. The van der Waals surface area contributed by atoms with Gasteiger partial charge in [0.05, 0.1) is 0 Å². The van der Waals surface area contributed by atoms with Crippen molar-refractivity contribution in [2.45, 2.75) is 46.6 Å². The van der Waals surface area contributed by atoms with Gasteiger partial charge in [0.2, 0.25) is 0 Å². The van der Waals surface area contributed by atoms with Crippen LogP contribution in [0.1, 0.15) is 46.8 Å². The fraction of sp³-hybridized carbons (Fsp3) is 0.588. The van der Waals surface area contributed by atoms with Gasteiger partial charge < -0.3 is 10.6 Å². The highest BCUT2D eigenvalue weighted by atomic mass is 35.5. The fourth-order valence-corrected chi connectivity index (χ4v) is 3.30. The first-order valence-corrected chi connectivity index (χ1v) is 7.53. The van der Waals surface area contributed by atoms with Gasteiger partial charge in [-0.3, -0.25) is 4.79 Å². The number of rotatable bonds is 2. The molecule has 2 rings (SSSR count). The van der Waals surface area contributed by atoms with E-state index < -0.39 is 0 Å². The predicted octanol–water partition coefficient (Wildman–Crippen LogP) is 3.23. The normalized spacial score (nSPS) is 17.3. The van der Waals surface area contributed by atoms with Crippen LogP contribution in [-0.2, 0) is 0 Å². The molecule has 4 heteroatoms. The minimum absolute atomic E-state index is 0. The van der Waals surface area contributed by atoms with E-state index >= 15 is 0 Å². The van der Waals surface area contributed by atoms with Crippen molar-refractivity contribution in [1.82, 2.24) is 4.90 Å². The molecule has 0 aromatic heterocycles. The number of halogens is 1. The van der Waals surface area contributed by atoms with Crippen LogP contribution in [0.4, 0.5) is 0 Å². The van der Waals surface area contributed by atoms with Crippen molar-refractivity contribution in [3.05, 3.63) is 34.4 Å². The number of carbonyl (C=O) groups excluding carboxylic acids is 1. The number of nitrogens with two attached hydrogens (primary N) is 1. The van der Waals surface area contributed by atoms with Gasteiger partial charge in [0, 0.05) is 24.7 Å². The van der Waals surface area contributed by atoms with Gasteiger partial charge in [-0.05, 0) is 57.6 Å². The summed E-state index contributed by atoms with van der Waals surface area (Å²) in [7, 11) is 0. The molecule has 21 heavy (non-hydrogen) atoms. The van der Waals surface area contributed by atoms with Gasteiger partial charge >= 0.3 is 0 Å². The fourth-order valence-electron chi connectivity index (χ4n) is 3.30. The molecule has 1 amide bonds. The third-order valence-electron chi connectivity index (χ3n) is 4.46. The second kappa shape index (κ2) is 7.28. The number of amides is 1. The lowest BCUT2D eigenvalue weighted by Gasteiger charge is -2.34. The summed E-state index contributed by atoms with van der Waals surface area (Å²) in [6.45, 7) is 9.86. The SMILES string of the molecule is Cc1cc(C)c(C(=O)N2CCC(C(C)N)CC2)c(C)c1.Cl. The molecule has 1 aliphatic heterocycles. The largest absolute Gasteiger partial charge is 0.339 e. The Kier molecular flexibility index (Phi) is 6.24. The monoisotopic (exact) mass is 310 g/mol. The zero-order valence-corrected chi connectivity index (χ0v) is 14.3. The summed E-state index contributed by atoms with van der Waals surface area (Å²) in [6.07, 6.45) is 2.04. The summed E-state index contributed by atoms with van der Waals surface area (Å²) in [5.74, 6) is 0.738. The number of hydrogen-bond acceptors (Lipinski definition) is 2. The standard InChI is InChI=1S/C17H26N2O.ClH/c1-11-9-12(2)16(13(3)10-11)17(20)19-7-5-15(6-8-19)14(4)18;/h9-10,14-15H,5-8,18H2,1-4H3;1H. The van der Waals surface area contributed by atoms with E-state index in [2.05, 4.69) is 26.0 Å². The van der Waals surface area contributed by atoms with Crippen LogP contribution >= 0.6 is 12.4 Å². The van der Waals surface area contributed by atoms with E-state index in [0.717, 1.165) is 42.6 Å². The van der Waals surface area contributed by atoms with Crippen molar-refractivity contribution in [3.8, 4) is 0 Å². The lowest BCUT2D eigenvalue weighted by Crippen LogP contribution is -2.42. The number of carbonyl (C=O) groups is 1. The van der Waals surface area contributed by atoms with Gasteiger partial charge in [0.1, 0.15) is 0 Å². The van der Waals surface area contributed by atoms with Crippen molar-refractivity contribution < 1.29 is 4.79 Å². The number of hydrogen-bond donors (Lipinski definition) is 1. The molecule has 0 bridgehead atoms. The van der Waals surface area contributed by atoms with Gasteiger partial charge in [0.25, 0.3) is 5.91 Å². The number of piperidine rings is 1. The molecular weight excluding hydrogens is 284 g/mol. The van der Waals surface area contributed by atoms with E-state index in [0.29, 0.717) is 5.92 Å². The second-order valence-corrected chi connectivity index (χ2v) is 6.26. The molecule has 1 aromatic carbocycles. The van der Waals surface area contributed by atoms with E-state index in [-0.39, 0.29) is 24.4 Å². The number of benzene rings is 1. The summed E-state index contributed by atoms with van der Waals surface area (Å²) in [5, 5.41) is 0. The third kappa shape index (κ3) is 3.98. The summed E-state index contributed by atoms with van der Waals surface area (Å²) >= 11 is 0. The molecule has 2 N–H and O–H groups in total. The first-order chi connectivity index (χ1) is 9.40. The van der Waals surface area contributed by atoms with Gasteiger partial charge in [-0.25, -0.2) is 0 Å². The Morgan fingerprint density at radius 3 is 2.10 bits per heavy atom. The van der Waals surface area contributed by atoms with Gasteiger partial charge in [0.15, 0.2) is 0 Å². The maximum absolute atomic E-state index is 12.7. The van der Waals surface area contributed by atoms with E-state index in [9.17, 15) is 4.79 Å². The third-order valence-corrected chi connectivity index (χ3v) is 4.46. The van der Waals surface area contributed by atoms with Gasteiger partial charge in [-0.15, -0.1) is 12.4 Å². The molecule has 3 nitrogen and oxygen atoms in total. The number of aryl methyl sites for hydroxylation is 3. The Morgan fingerprint density at radius 2 is 1.67 bits per heavy atom. The second-order valence-electron chi connectivity index (χ2n) is 6.26. The molecule has 1 atom stereocenters. The summed E-state index contributed by atoms with van der Waals surface area (Å²) in [4.78, 5) is 14.7. The average molecular weight is 311 g/mol. The van der Waals surface area contributed by atoms with Crippen molar-refractivity contribution in [1.29, 1.82) is 0 Å². The number of likely N-dealkylation sites (tertiary alicyclic amines) is 1. The van der Waals surface area contributed by atoms with Crippen LogP contribution in [0.2, 0.25) is 0 Å². The molecule has 0 spiro atoms. The van der Waals surface area contributed by atoms with Crippen molar-refractivity contribution in [3.63, 3.8) is 0 Å². The lowest BCUT2D eigenvalue weighted by molar-refractivity contribution is 0.0679. The Morgan fingerprint density at radius 1 is 1.19 bits per heavy atom. The van der Waals surface area contributed by atoms with Gasteiger partial charge in [-0.2, -0.15) is 0 Å². The van der Waals surface area contributed by atoms with E-state index in [1.807, 2.05) is 18.7 Å². The Labute approximate surface area is 134 Å². The van der Waals surface area contributed by atoms with Crippen LogP contribution in [0.15, 0.2) is 12.1 Å². The highest BCUT2D eigenvalue weighted by Crippen LogP contribution is 2.24. The molecule has 0 saturated carbocycles. The Balaban J connectivity index is 0.00000220. The van der Waals surface area contributed by atoms with E-state index in [1.54, 1.807) is 0 Å². The smallest absolute Gasteiger partial charge is 0.254 e. The summed E-state index contributed by atoms with van der Waals surface area (Å²) < 4.78 is 0. The topological polar surface area (TPSA) is 46.3 Å².